The number of rotatable bonds is 6. The Hall–Kier alpha value is -3.82. The summed E-state index contributed by atoms with van der Waals surface area (Å²) in [6.45, 7) is 4.89. The number of benzene rings is 1. The zero-order valence-electron chi connectivity index (χ0n) is 18.6. The lowest BCUT2D eigenvalue weighted by Crippen LogP contribution is -2.40. The second-order valence-electron chi connectivity index (χ2n) is 7.91. The molecule has 1 aliphatic heterocycles. The summed E-state index contributed by atoms with van der Waals surface area (Å²) < 4.78 is 11.4. The molecule has 0 radical (unpaired) electrons. The van der Waals surface area contributed by atoms with Crippen molar-refractivity contribution in [1.29, 1.82) is 0 Å². The Morgan fingerprint density at radius 2 is 1.85 bits per heavy atom. The van der Waals surface area contributed by atoms with Gasteiger partial charge in [0.1, 0.15) is 6.54 Å². The number of hydrogen-bond donors (Lipinski definition) is 0. The average molecular weight is 451 g/mol. The van der Waals surface area contributed by atoms with E-state index in [4.69, 9.17) is 9.26 Å². The number of carbonyl (C=O) groups excluding carboxylic acids is 2. The van der Waals surface area contributed by atoms with Crippen molar-refractivity contribution in [2.75, 3.05) is 19.7 Å². The van der Waals surface area contributed by atoms with Gasteiger partial charge in [-0.25, -0.2) is 4.68 Å². The molecule has 3 heterocycles. The van der Waals surface area contributed by atoms with E-state index in [1.165, 1.54) is 10.7 Å². The van der Waals surface area contributed by atoms with Crippen LogP contribution in [0.25, 0.3) is 11.3 Å². The summed E-state index contributed by atoms with van der Waals surface area (Å²) in [5, 5.41) is 8.24. The first-order chi connectivity index (χ1) is 15.9. The largest absolute Gasteiger partial charge is 0.466 e. The van der Waals surface area contributed by atoms with Crippen molar-refractivity contribution >= 4 is 11.9 Å². The number of piperidine rings is 1. The zero-order chi connectivity index (χ0) is 23.4. The van der Waals surface area contributed by atoms with Crippen LogP contribution in [-0.2, 0) is 16.1 Å². The lowest BCUT2D eigenvalue weighted by molar-refractivity contribution is -0.149. The Morgan fingerprint density at radius 1 is 1.12 bits per heavy atom. The van der Waals surface area contributed by atoms with E-state index in [1.54, 1.807) is 17.9 Å². The molecule has 0 spiro atoms. The Kier molecular flexibility index (Phi) is 6.62. The minimum absolute atomic E-state index is 0.0275. The molecule has 2 aromatic heterocycles. The number of aromatic nitrogens is 4. The van der Waals surface area contributed by atoms with Crippen LogP contribution in [0.3, 0.4) is 0 Å². The summed E-state index contributed by atoms with van der Waals surface area (Å²) in [5.74, 6) is -0.802. The van der Waals surface area contributed by atoms with E-state index < -0.39 is 5.91 Å². The number of carbonyl (C=O) groups is 2. The van der Waals surface area contributed by atoms with Crippen molar-refractivity contribution in [3.05, 3.63) is 64.0 Å². The van der Waals surface area contributed by atoms with Crippen molar-refractivity contribution in [3.8, 4) is 11.3 Å². The van der Waals surface area contributed by atoms with Crippen LogP contribution >= 0.6 is 0 Å². The molecule has 3 aromatic rings. The van der Waals surface area contributed by atoms with E-state index in [1.807, 2.05) is 31.2 Å². The fourth-order valence-electron chi connectivity index (χ4n) is 3.69. The highest BCUT2D eigenvalue weighted by Gasteiger charge is 2.30. The van der Waals surface area contributed by atoms with Gasteiger partial charge in [-0.2, -0.15) is 10.1 Å². The van der Waals surface area contributed by atoms with Crippen LogP contribution < -0.4 is 5.56 Å². The van der Waals surface area contributed by atoms with Crippen molar-refractivity contribution in [2.24, 2.45) is 5.92 Å². The van der Waals surface area contributed by atoms with Gasteiger partial charge in [-0.05, 0) is 32.8 Å². The lowest BCUT2D eigenvalue weighted by Gasteiger charge is -2.29. The molecule has 0 saturated carbocycles. The molecule has 1 aromatic carbocycles. The number of esters is 1. The summed E-state index contributed by atoms with van der Waals surface area (Å²) in [6, 6.07) is 10.9. The summed E-state index contributed by atoms with van der Waals surface area (Å²) in [5.41, 5.74) is 2.33. The van der Waals surface area contributed by atoms with Gasteiger partial charge in [-0.1, -0.05) is 35.0 Å². The SMILES string of the molecule is CCOC(=O)C1CCN(C(=O)c2nc(Cn3nc(-c4ccc(C)cc4)ccc3=O)no2)CC1. The minimum Gasteiger partial charge on any atom is -0.466 e. The van der Waals surface area contributed by atoms with Gasteiger partial charge < -0.3 is 14.2 Å². The fraction of sp³-hybridized carbons (Fsp3) is 0.391. The van der Waals surface area contributed by atoms with Crippen molar-refractivity contribution in [1.82, 2.24) is 24.8 Å². The molecule has 10 heteroatoms. The second-order valence-corrected chi connectivity index (χ2v) is 7.91. The summed E-state index contributed by atoms with van der Waals surface area (Å²) in [6.07, 6.45) is 1.05. The normalized spacial score (nSPS) is 14.3. The van der Waals surface area contributed by atoms with Crippen LogP contribution in [0.15, 0.2) is 45.7 Å². The number of amides is 1. The first kappa shape index (κ1) is 22.4. The molecular formula is C23H25N5O5. The number of ether oxygens (including phenoxy) is 1. The standard InChI is InChI=1S/C23H25N5O5/c1-3-32-23(31)17-10-12-27(13-11-17)22(30)21-24-19(26-33-21)14-28-20(29)9-8-18(25-28)16-6-4-15(2)5-7-16/h4-9,17H,3,10-14H2,1-2H3. The van der Waals surface area contributed by atoms with E-state index in [0.29, 0.717) is 38.2 Å². The number of hydrogen-bond acceptors (Lipinski definition) is 8. The zero-order valence-corrected chi connectivity index (χ0v) is 18.6. The van der Waals surface area contributed by atoms with E-state index >= 15 is 0 Å². The van der Waals surface area contributed by atoms with Crippen molar-refractivity contribution < 1.29 is 18.8 Å². The van der Waals surface area contributed by atoms with E-state index in [2.05, 4.69) is 15.2 Å². The monoisotopic (exact) mass is 451 g/mol. The Labute approximate surface area is 190 Å². The van der Waals surface area contributed by atoms with Gasteiger partial charge in [0.25, 0.3) is 5.56 Å². The second kappa shape index (κ2) is 9.76. The molecule has 0 aliphatic carbocycles. The number of aryl methyl sites for hydroxylation is 1. The lowest BCUT2D eigenvalue weighted by atomic mass is 9.97. The molecule has 0 atom stereocenters. The first-order valence-electron chi connectivity index (χ1n) is 10.9. The molecule has 0 bridgehead atoms. The predicted molar refractivity (Wildman–Crippen MR) is 117 cm³/mol. The Bertz CT molecular complexity index is 1190. The summed E-state index contributed by atoms with van der Waals surface area (Å²) in [4.78, 5) is 42.6. The molecule has 10 nitrogen and oxygen atoms in total. The summed E-state index contributed by atoms with van der Waals surface area (Å²) >= 11 is 0. The molecule has 1 aliphatic rings. The molecule has 0 unspecified atom stereocenters. The predicted octanol–water partition coefficient (Wildman–Crippen LogP) is 2.07. The van der Waals surface area contributed by atoms with E-state index in [0.717, 1.165) is 11.1 Å². The molecule has 4 rings (SSSR count). The van der Waals surface area contributed by atoms with Crippen LogP contribution in [0, 0.1) is 12.8 Å². The summed E-state index contributed by atoms with van der Waals surface area (Å²) in [7, 11) is 0. The molecule has 0 N–H and O–H groups in total. The highest BCUT2D eigenvalue weighted by atomic mass is 16.5. The smallest absolute Gasteiger partial charge is 0.316 e. The third-order valence-corrected chi connectivity index (χ3v) is 5.56. The fourth-order valence-corrected chi connectivity index (χ4v) is 3.69. The van der Waals surface area contributed by atoms with E-state index in [-0.39, 0.29) is 35.7 Å². The van der Waals surface area contributed by atoms with Crippen LogP contribution in [0.2, 0.25) is 0 Å². The Balaban J connectivity index is 1.42. The first-order valence-corrected chi connectivity index (χ1v) is 10.9. The van der Waals surface area contributed by atoms with Gasteiger partial charge in [0.05, 0.1) is 18.2 Å². The molecular weight excluding hydrogens is 426 g/mol. The van der Waals surface area contributed by atoms with Gasteiger partial charge in [0.15, 0.2) is 5.82 Å². The Morgan fingerprint density at radius 3 is 2.55 bits per heavy atom. The highest BCUT2D eigenvalue weighted by Crippen LogP contribution is 2.20. The highest BCUT2D eigenvalue weighted by molar-refractivity contribution is 5.89. The van der Waals surface area contributed by atoms with Crippen LogP contribution in [0.5, 0.6) is 0 Å². The third kappa shape index (κ3) is 5.16. The molecule has 1 saturated heterocycles. The van der Waals surface area contributed by atoms with Gasteiger partial charge >= 0.3 is 17.8 Å². The van der Waals surface area contributed by atoms with Crippen LogP contribution in [0.1, 0.15) is 41.8 Å². The maximum Gasteiger partial charge on any atom is 0.316 e. The molecule has 172 valence electrons. The topological polar surface area (TPSA) is 120 Å². The average Bonchev–Trinajstić information content (AvgIpc) is 3.29. The van der Waals surface area contributed by atoms with Gasteiger partial charge in [-0.15, -0.1) is 0 Å². The van der Waals surface area contributed by atoms with Gasteiger partial charge in [-0.3, -0.25) is 14.4 Å². The van der Waals surface area contributed by atoms with Crippen molar-refractivity contribution in [2.45, 2.75) is 33.2 Å². The third-order valence-electron chi connectivity index (χ3n) is 5.56. The minimum atomic E-state index is -0.398. The molecule has 1 fully saturated rings. The van der Waals surface area contributed by atoms with E-state index in [9.17, 15) is 14.4 Å². The molecule has 1 amide bonds. The molecule has 33 heavy (non-hydrogen) atoms. The maximum absolute atomic E-state index is 12.7. The quantitative estimate of drug-likeness (QED) is 0.522. The van der Waals surface area contributed by atoms with Gasteiger partial charge in [0.2, 0.25) is 0 Å². The number of nitrogens with zero attached hydrogens (tertiary/aromatic N) is 5. The van der Waals surface area contributed by atoms with Gasteiger partial charge in [0, 0.05) is 24.7 Å². The maximum atomic E-state index is 12.7. The number of likely N-dealkylation sites (tertiary alicyclic amines) is 1. The van der Waals surface area contributed by atoms with Crippen LogP contribution in [-0.4, -0.2) is 56.4 Å². The van der Waals surface area contributed by atoms with Crippen LogP contribution in [0.4, 0.5) is 0 Å². The van der Waals surface area contributed by atoms with Crippen molar-refractivity contribution in [3.63, 3.8) is 0 Å².